The molecule has 1 saturated heterocycles. The number of methoxy groups -OCH3 is 1. The van der Waals surface area contributed by atoms with Crippen LogP contribution in [0.3, 0.4) is 0 Å². The average Bonchev–Trinajstić information content (AvgIpc) is 3.33. The van der Waals surface area contributed by atoms with E-state index in [9.17, 15) is 25.2 Å². The van der Waals surface area contributed by atoms with E-state index in [1.54, 1.807) is 6.08 Å². The molecule has 6 N–H and O–H groups in total. The quantitative estimate of drug-likeness (QED) is 0.152. The van der Waals surface area contributed by atoms with E-state index in [0.717, 1.165) is 27.5 Å². The van der Waals surface area contributed by atoms with Crippen LogP contribution >= 0.6 is 0 Å². The summed E-state index contributed by atoms with van der Waals surface area (Å²) in [5.74, 6) is -1.69. The lowest BCUT2D eigenvalue weighted by Gasteiger charge is -2.42. The minimum Gasteiger partial charge on any atom is -0.870 e. The van der Waals surface area contributed by atoms with Crippen molar-refractivity contribution >= 4 is 27.8 Å². The van der Waals surface area contributed by atoms with Gasteiger partial charge in [0.2, 0.25) is 12.0 Å². The van der Waals surface area contributed by atoms with Gasteiger partial charge < -0.3 is 49.8 Å². The summed E-state index contributed by atoms with van der Waals surface area (Å²) >= 11 is 0. The summed E-state index contributed by atoms with van der Waals surface area (Å²) < 4.78 is 24.2. The number of rotatable bonds is 7. The predicted molar refractivity (Wildman–Crippen MR) is 140 cm³/mol. The molecule has 0 aliphatic carbocycles. The summed E-state index contributed by atoms with van der Waals surface area (Å²) in [7, 11) is 3.21. The molecule has 0 amide bonds. The molecule has 3 aromatic rings. The van der Waals surface area contributed by atoms with Gasteiger partial charge in [-0.05, 0) is 6.07 Å². The number of esters is 1. The van der Waals surface area contributed by atoms with Crippen LogP contribution in [0.15, 0.2) is 61.0 Å². The van der Waals surface area contributed by atoms with Crippen LogP contribution in [0.5, 0.6) is 0 Å². The van der Waals surface area contributed by atoms with Gasteiger partial charge in [0, 0.05) is 40.6 Å². The number of H-pyrrole nitrogens is 1. The summed E-state index contributed by atoms with van der Waals surface area (Å²) in [6, 6.07) is 10.0. The van der Waals surface area contributed by atoms with Gasteiger partial charge in [0.25, 0.3) is 0 Å². The SMILES string of the molecule is C=C[C@H]1[C@H](O[C@@H]2O[C@H](CO)[C@@H](O)[C@H](O)[C@H]2O)OC=C(C(=O)OC)[C@H]1Cc1c2[nH]c3ccccc3c2cc[n+]1C.[OH-]. The van der Waals surface area contributed by atoms with Gasteiger partial charge in [0.05, 0.1) is 25.6 Å². The Hall–Kier alpha value is -3.36. The van der Waals surface area contributed by atoms with Gasteiger partial charge >= 0.3 is 5.97 Å². The summed E-state index contributed by atoms with van der Waals surface area (Å²) in [5.41, 5.74) is 3.11. The van der Waals surface area contributed by atoms with E-state index in [4.69, 9.17) is 18.9 Å². The van der Waals surface area contributed by atoms with Crippen molar-refractivity contribution < 1.29 is 54.2 Å². The number of pyridine rings is 1. The third-order valence-corrected chi connectivity index (χ3v) is 7.66. The number of ether oxygens (including phenoxy) is 4. The first kappa shape index (κ1) is 29.6. The van der Waals surface area contributed by atoms with Gasteiger partial charge in [0.15, 0.2) is 12.5 Å². The smallest absolute Gasteiger partial charge is 0.337 e. The molecule has 2 aromatic heterocycles. The number of benzene rings is 1. The van der Waals surface area contributed by atoms with E-state index in [1.807, 2.05) is 48.1 Å². The normalized spacial score (nSPS) is 30.3. The van der Waals surface area contributed by atoms with Crippen molar-refractivity contribution in [3.63, 3.8) is 0 Å². The maximum Gasteiger partial charge on any atom is 0.337 e. The van der Waals surface area contributed by atoms with Crippen LogP contribution in [-0.4, -0.2) is 87.6 Å². The topological polar surface area (TPSA) is 185 Å². The number of carbonyl (C=O) groups excluding carboxylic acids is 1. The predicted octanol–water partition coefficient (Wildman–Crippen LogP) is 0.159. The molecular weight excluding hydrogens is 524 g/mol. The second-order valence-electron chi connectivity index (χ2n) is 9.86. The molecule has 8 atom stereocenters. The van der Waals surface area contributed by atoms with E-state index < -0.39 is 61.4 Å². The molecule has 0 spiro atoms. The van der Waals surface area contributed by atoms with Crippen LogP contribution in [0.2, 0.25) is 0 Å². The van der Waals surface area contributed by atoms with Gasteiger partial charge in [-0.15, -0.1) is 6.58 Å². The van der Waals surface area contributed by atoms with Gasteiger partial charge in [0.1, 0.15) is 37.0 Å². The molecule has 1 fully saturated rings. The van der Waals surface area contributed by atoms with E-state index in [0.29, 0.717) is 6.42 Å². The molecule has 216 valence electrons. The third kappa shape index (κ3) is 5.10. The van der Waals surface area contributed by atoms with Crippen molar-refractivity contribution in [2.75, 3.05) is 13.7 Å². The van der Waals surface area contributed by atoms with Gasteiger partial charge in [-0.1, -0.05) is 24.3 Å². The fourth-order valence-electron chi connectivity index (χ4n) is 5.46. The largest absolute Gasteiger partial charge is 0.870 e. The molecule has 1 aromatic carbocycles. The Morgan fingerprint density at radius 1 is 1.12 bits per heavy atom. The first-order chi connectivity index (χ1) is 18.8. The first-order valence-electron chi connectivity index (χ1n) is 12.7. The number of aryl methyl sites for hydroxylation is 1. The molecule has 0 bridgehead atoms. The van der Waals surface area contributed by atoms with Crippen LogP contribution in [0.25, 0.3) is 21.8 Å². The van der Waals surface area contributed by atoms with Crippen LogP contribution in [-0.2, 0) is 37.2 Å². The Morgan fingerprint density at radius 2 is 1.88 bits per heavy atom. The van der Waals surface area contributed by atoms with Gasteiger partial charge in [-0.25, -0.2) is 9.36 Å². The van der Waals surface area contributed by atoms with Crippen molar-refractivity contribution in [2.45, 2.75) is 43.4 Å². The molecule has 40 heavy (non-hydrogen) atoms. The monoisotopic (exact) mass is 558 g/mol. The van der Waals surface area contributed by atoms with Crippen molar-refractivity contribution in [1.29, 1.82) is 0 Å². The first-order valence-corrected chi connectivity index (χ1v) is 12.7. The molecule has 12 nitrogen and oxygen atoms in total. The Morgan fingerprint density at radius 3 is 2.58 bits per heavy atom. The number of aliphatic hydroxyl groups is 4. The van der Waals surface area contributed by atoms with Crippen LogP contribution in [0.1, 0.15) is 5.69 Å². The number of aromatic amines is 1. The second-order valence-corrected chi connectivity index (χ2v) is 9.86. The molecule has 0 radical (unpaired) electrons. The average molecular weight is 559 g/mol. The highest BCUT2D eigenvalue weighted by Gasteiger charge is 2.48. The summed E-state index contributed by atoms with van der Waals surface area (Å²) in [6.45, 7) is 3.35. The minimum absolute atomic E-state index is 0. The Bertz CT molecular complexity index is 1400. The fraction of sp³-hybridized carbons (Fsp3) is 0.429. The molecule has 2 aliphatic heterocycles. The number of aromatic nitrogens is 2. The molecule has 2 aliphatic rings. The third-order valence-electron chi connectivity index (χ3n) is 7.66. The second kappa shape index (κ2) is 12.0. The number of nitrogens with zero attached hydrogens (tertiary/aromatic N) is 1. The minimum atomic E-state index is -1.61. The van der Waals surface area contributed by atoms with Crippen LogP contribution < -0.4 is 4.57 Å². The zero-order chi connectivity index (χ0) is 27.8. The van der Waals surface area contributed by atoms with E-state index >= 15 is 0 Å². The molecule has 4 heterocycles. The van der Waals surface area contributed by atoms with Crippen molar-refractivity contribution in [2.24, 2.45) is 18.9 Å². The van der Waals surface area contributed by atoms with E-state index in [-0.39, 0.29) is 11.0 Å². The van der Waals surface area contributed by atoms with E-state index in [1.165, 1.54) is 13.4 Å². The summed E-state index contributed by atoms with van der Waals surface area (Å²) in [4.78, 5) is 16.3. The highest BCUT2D eigenvalue weighted by molar-refractivity contribution is 6.07. The number of aliphatic hydroxyl groups excluding tert-OH is 4. The zero-order valence-corrected chi connectivity index (χ0v) is 22.1. The Kier molecular flexibility index (Phi) is 8.90. The maximum atomic E-state index is 12.8. The molecule has 5 rings (SSSR count). The number of hydrogen-bond donors (Lipinski definition) is 5. The summed E-state index contributed by atoms with van der Waals surface area (Å²) in [5, 5.41) is 42.5. The number of hydrogen-bond acceptors (Lipinski definition) is 10. The highest BCUT2D eigenvalue weighted by atomic mass is 16.8. The highest BCUT2D eigenvalue weighted by Crippen LogP contribution is 2.38. The van der Waals surface area contributed by atoms with Crippen molar-refractivity contribution in [3.8, 4) is 0 Å². The van der Waals surface area contributed by atoms with E-state index in [2.05, 4.69) is 11.6 Å². The standard InChI is InChI=1S/C28H32N2O9.H2O/c1-4-14-17(11-20-22-16(9-10-30(20)2)15-7-5-6-8-19(15)29-22)18(26(35)36-3)13-37-27(14)39-28-25(34)24(33)23(32)21(12-31)38-28;/h4-10,13-14,17,21,23-25,27-28,31-34H,1,11-12H2,2-3H3;1H2/t14-,17+,21-,23-,24+,25-,27+,28+;/m1./s1. The van der Waals surface area contributed by atoms with Crippen molar-refractivity contribution in [3.05, 3.63) is 66.7 Å². The molecule has 0 saturated carbocycles. The van der Waals surface area contributed by atoms with Crippen LogP contribution in [0.4, 0.5) is 0 Å². The number of para-hydroxylation sites is 1. The van der Waals surface area contributed by atoms with Gasteiger partial charge in [-0.3, -0.25) is 0 Å². The Labute approximate surface area is 230 Å². The zero-order valence-electron chi connectivity index (χ0n) is 22.1. The Balaban J connectivity index is 0.00000370. The number of nitrogens with one attached hydrogen (secondary N) is 1. The molecule has 12 heteroatoms. The number of carbonyl (C=O) groups is 1. The number of fused-ring (bicyclic) bond motifs is 3. The lowest BCUT2D eigenvalue weighted by molar-refractivity contribution is -0.678. The van der Waals surface area contributed by atoms with Gasteiger partial charge in [-0.2, -0.15) is 0 Å². The lowest BCUT2D eigenvalue weighted by Crippen LogP contribution is -2.60. The maximum absolute atomic E-state index is 12.8. The fourth-order valence-corrected chi connectivity index (χ4v) is 5.46. The lowest BCUT2D eigenvalue weighted by atomic mass is 9.80. The molecular formula is C28H34N2O10. The summed E-state index contributed by atoms with van der Waals surface area (Å²) in [6.07, 6.45) is -3.18. The van der Waals surface area contributed by atoms with Crippen LogP contribution in [0, 0.1) is 11.8 Å². The molecule has 0 unspecified atom stereocenters. The van der Waals surface area contributed by atoms with Crippen molar-refractivity contribution in [1.82, 2.24) is 4.98 Å².